The summed E-state index contributed by atoms with van der Waals surface area (Å²) in [4.78, 5) is 20.9. The fraction of sp³-hybridized carbons (Fsp3) is 0.722. The van der Waals surface area contributed by atoms with E-state index in [0.29, 0.717) is 24.5 Å². The first-order valence-electron chi connectivity index (χ1n) is 9.03. The van der Waals surface area contributed by atoms with Gasteiger partial charge >= 0.3 is 0 Å². The van der Waals surface area contributed by atoms with Gasteiger partial charge in [0.05, 0.1) is 10.9 Å². The Kier molecular flexibility index (Phi) is 6.19. The molecule has 1 amide bonds. The number of hydrogen-bond donors (Lipinski definition) is 0. The summed E-state index contributed by atoms with van der Waals surface area (Å²) < 4.78 is 0.860. The van der Waals surface area contributed by atoms with Gasteiger partial charge in [-0.05, 0) is 45.2 Å². The molecule has 0 radical (unpaired) electrons. The summed E-state index contributed by atoms with van der Waals surface area (Å²) in [6.45, 7) is 9.92. The third-order valence-corrected chi connectivity index (χ3v) is 6.53. The summed E-state index contributed by atoms with van der Waals surface area (Å²) in [5.74, 6) is 0.313. The van der Waals surface area contributed by atoms with Crippen LogP contribution in [0.3, 0.4) is 0 Å². The zero-order valence-corrected chi connectivity index (χ0v) is 16.3. The van der Waals surface area contributed by atoms with Crippen molar-refractivity contribution in [1.29, 1.82) is 0 Å². The van der Waals surface area contributed by atoms with E-state index in [1.54, 1.807) is 11.3 Å². The summed E-state index contributed by atoms with van der Waals surface area (Å²) in [6.07, 6.45) is 3.54. The van der Waals surface area contributed by atoms with Crippen LogP contribution in [0.5, 0.6) is 0 Å². The average Bonchev–Trinajstić information content (AvgIpc) is 2.94. The van der Waals surface area contributed by atoms with Crippen LogP contribution in [0, 0.1) is 0 Å². The number of likely N-dealkylation sites (tertiary alicyclic amines) is 1. The molecular weight excluding hydrogens is 342 g/mol. The maximum absolute atomic E-state index is 12.7. The van der Waals surface area contributed by atoms with Crippen molar-refractivity contribution in [2.75, 3.05) is 32.7 Å². The summed E-state index contributed by atoms with van der Waals surface area (Å²) in [7, 11) is 0. The SMILES string of the molecule is CC1CCCC(C)N1C(=O)CN1CCN(Cc2ccc(Cl)s2)CC1. The molecule has 3 rings (SSSR count). The van der Waals surface area contributed by atoms with Crippen molar-refractivity contribution in [2.24, 2.45) is 0 Å². The van der Waals surface area contributed by atoms with Crippen molar-refractivity contribution in [1.82, 2.24) is 14.7 Å². The predicted octanol–water partition coefficient (Wildman–Crippen LogP) is 3.31. The molecule has 24 heavy (non-hydrogen) atoms. The number of halogens is 1. The number of carbonyl (C=O) groups is 1. The van der Waals surface area contributed by atoms with Crippen LogP contribution in [-0.4, -0.2) is 65.4 Å². The maximum Gasteiger partial charge on any atom is 0.237 e. The average molecular weight is 370 g/mol. The molecule has 2 saturated heterocycles. The van der Waals surface area contributed by atoms with Crippen molar-refractivity contribution >= 4 is 28.8 Å². The highest BCUT2D eigenvalue weighted by Gasteiger charge is 2.30. The molecular formula is C18H28ClN3OS. The number of thiophene rings is 1. The first kappa shape index (κ1) is 18.2. The van der Waals surface area contributed by atoms with Gasteiger partial charge in [-0.3, -0.25) is 14.6 Å². The van der Waals surface area contributed by atoms with Crippen molar-refractivity contribution in [3.05, 3.63) is 21.3 Å². The molecule has 1 aromatic heterocycles. The Bertz CT molecular complexity index is 546. The van der Waals surface area contributed by atoms with Gasteiger partial charge in [0, 0.05) is 49.7 Å². The second-order valence-corrected chi connectivity index (χ2v) is 8.99. The van der Waals surface area contributed by atoms with Gasteiger partial charge < -0.3 is 4.90 Å². The van der Waals surface area contributed by atoms with Crippen LogP contribution < -0.4 is 0 Å². The summed E-state index contributed by atoms with van der Waals surface area (Å²) in [5, 5.41) is 0. The zero-order chi connectivity index (χ0) is 17.1. The highest BCUT2D eigenvalue weighted by Crippen LogP contribution is 2.24. The van der Waals surface area contributed by atoms with Crippen LogP contribution >= 0.6 is 22.9 Å². The standard InChI is InChI=1S/C18H28ClN3OS/c1-14-4-3-5-15(2)22(14)18(23)13-21-10-8-20(9-11-21)12-16-6-7-17(19)24-16/h6-7,14-15H,3-5,8-13H2,1-2H3. The van der Waals surface area contributed by atoms with Crippen molar-refractivity contribution in [3.8, 4) is 0 Å². The van der Waals surface area contributed by atoms with Crippen molar-refractivity contribution in [3.63, 3.8) is 0 Å². The smallest absolute Gasteiger partial charge is 0.237 e. The Hall–Kier alpha value is -0.620. The van der Waals surface area contributed by atoms with E-state index in [-0.39, 0.29) is 0 Å². The fourth-order valence-electron chi connectivity index (χ4n) is 3.95. The largest absolute Gasteiger partial charge is 0.336 e. The van der Waals surface area contributed by atoms with Gasteiger partial charge in [-0.15, -0.1) is 11.3 Å². The molecule has 2 unspecified atom stereocenters. The maximum atomic E-state index is 12.7. The predicted molar refractivity (Wildman–Crippen MR) is 101 cm³/mol. The van der Waals surface area contributed by atoms with Gasteiger partial charge in [0.1, 0.15) is 0 Å². The van der Waals surface area contributed by atoms with Crippen LogP contribution in [0.4, 0.5) is 0 Å². The number of nitrogens with zero attached hydrogens (tertiary/aromatic N) is 3. The van der Waals surface area contributed by atoms with E-state index in [0.717, 1.165) is 49.9 Å². The Balaban J connectivity index is 1.45. The summed E-state index contributed by atoms with van der Waals surface area (Å²) >= 11 is 7.67. The minimum absolute atomic E-state index is 0.313. The number of amides is 1. The first-order valence-corrected chi connectivity index (χ1v) is 10.2. The van der Waals surface area contributed by atoms with E-state index < -0.39 is 0 Å². The molecule has 0 spiro atoms. The third kappa shape index (κ3) is 4.51. The molecule has 2 aliphatic rings. The fourth-order valence-corrected chi connectivity index (χ4v) is 5.08. The monoisotopic (exact) mass is 369 g/mol. The molecule has 2 fully saturated rings. The van der Waals surface area contributed by atoms with Crippen LogP contribution in [0.25, 0.3) is 0 Å². The number of rotatable bonds is 4. The highest BCUT2D eigenvalue weighted by molar-refractivity contribution is 7.16. The molecule has 2 atom stereocenters. The first-order chi connectivity index (χ1) is 11.5. The van der Waals surface area contributed by atoms with Crippen molar-refractivity contribution in [2.45, 2.75) is 51.7 Å². The number of carbonyl (C=O) groups excluding carboxylic acids is 1. The lowest BCUT2D eigenvalue weighted by atomic mass is 9.97. The van der Waals surface area contributed by atoms with Crippen LogP contribution in [0.15, 0.2) is 12.1 Å². The minimum Gasteiger partial charge on any atom is -0.336 e. The molecule has 0 aromatic carbocycles. The van der Waals surface area contributed by atoms with E-state index in [9.17, 15) is 4.79 Å². The molecule has 6 heteroatoms. The zero-order valence-electron chi connectivity index (χ0n) is 14.7. The van der Waals surface area contributed by atoms with Crippen LogP contribution in [0.1, 0.15) is 38.0 Å². The van der Waals surface area contributed by atoms with Gasteiger partial charge in [0.25, 0.3) is 0 Å². The van der Waals surface area contributed by atoms with Crippen LogP contribution in [-0.2, 0) is 11.3 Å². The van der Waals surface area contributed by atoms with Gasteiger partial charge in [0.2, 0.25) is 5.91 Å². The molecule has 2 aliphatic heterocycles. The van der Waals surface area contributed by atoms with Gasteiger partial charge in [-0.2, -0.15) is 0 Å². The summed E-state index contributed by atoms with van der Waals surface area (Å²) in [6, 6.07) is 4.87. The van der Waals surface area contributed by atoms with Crippen LogP contribution in [0.2, 0.25) is 4.34 Å². The second kappa shape index (κ2) is 8.17. The van der Waals surface area contributed by atoms with Gasteiger partial charge in [-0.1, -0.05) is 11.6 Å². The number of piperazine rings is 1. The number of piperidine rings is 1. The Labute approximate surface area is 154 Å². The van der Waals surface area contributed by atoms with Gasteiger partial charge in [0.15, 0.2) is 0 Å². The molecule has 4 nitrogen and oxygen atoms in total. The van der Waals surface area contributed by atoms with E-state index in [2.05, 4.69) is 34.6 Å². The third-order valence-electron chi connectivity index (χ3n) is 5.31. The Morgan fingerprint density at radius 1 is 1.12 bits per heavy atom. The number of hydrogen-bond acceptors (Lipinski definition) is 4. The van der Waals surface area contributed by atoms with E-state index >= 15 is 0 Å². The normalized spacial score (nSPS) is 26.7. The molecule has 3 heterocycles. The Morgan fingerprint density at radius 2 is 1.75 bits per heavy atom. The molecule has 1 aromatic rings. The quantitative estimate of drug-likeness (QED) is 0.814. The molecule has 0 N–H and O–H groups in total. The molecule has 134 valence electrons. The van der Waals surface area contributed by atoms with Crippen molar-refractivity contribution < 1.29 is 4.79 Å². The lowest BCUT2D eigenvalue weighted by Gasteiger charge is -2.41. The summed E-state index contributed by atoms with van der Waals surface area (Å²) in [5.41, 5.74) is 0. The second-order valence-electron chi connectivity index (χ2n) is 7.19. The lowest BCUT2D eigenvalue weighted by Crippen LogP contribution is -2.54. The van der Waals surface area contributed by atoms with Gasteiger partial charge in [-0.25, -0.2) is 0 Å². The highest BCUT2D eigenvalue weighted by atomic mass is 35.5. The molecule has 0 aliphatic carbocycles. The molecule has 0 bridgehead atoms. The Morgan fingerprint density at radius 3 is 2.33 bits per heavy atom. The van der Waals surface area contributed by atoms with E-state index in [1.807, 2.05) is 6.07 Å². The molecule has 0 saturated carbocycles. The van der Waals surface area contributed by atoms with E-state index in [1.165, 1.54) is 11.3 Å². The lowest BCUT2D eigenvalue weighted by molar-refractivity contribution is -0.139. The minimum atomic E-state index is 0.313. The topological polar surface area (TPSA) is 26.8 Å². The van der Waals surface area contributed by atoms with E-state index in [4.69, 9.17) is 11.6 Å².